The molecule has 2 atom stereocenters. The van der Waals surface area contributed by atoms with Crippen molar-refractivity contribution in [2.75, 3.05) is 0 Å². The first-order chi connectivity index (χ1) is 13.4. The number of carbonyl (C=O) groups is 1. The molecule has 2 unspecified atom stereocenters. The summed E-state index contributed by atoms with van der Waals surface area (Å²) in [5, 5.41) is 3.82. The summed E-state index contributed by atoms with van der Waals surface area (Å²) in [7, 11) is 0. The molecular weight excluding hydrogens is 373 g/mol. The summed E-state index contributed by atoms with van der Waals surface area (Å²) in [6.45, 7) is -0.219. The first-order valence-corrected chi connectivity index (χ1v) is 8.64. The van der Waals surface area contributed by atoms with Crippen molar-refractivity contribution in [3.63, 3.8) is 0 Å². The van der Waals surface area contributed by atoms with E-state index in [0.717, 1.165) is 11.6 Å². The number of alkyl halides is 3. The Morgan fingerprint density at radius 3 is 2.57 bits per heavy atom. The van der Waals surface area contributed by atoms with E-state index in [9.17, 15) is 18.0 Å². The van der Waals surface area contributed by atoms with E-state index in [2.05, 4.69) is 10.1 Å². The van der Waals surface area contributed by atoms with Crippen molar-refractivity contribution in [3.8, 4) is 11.4 Å². The van der Waals surface area contributed by atoms with Crippen LogP contribution >= 0.6 is 0 Å². The van der Waals surface area contributed by atoms with Gasteiger partial charge in [-0.2, -0.15) is 18.2 Å². The molecule has 0 amide bonds. The molecule has 1 heterocycles. The highest BCUT2D eigenvalue weighted by Crippen LogP contribution is 2.51. The zero-order chi connectivity index (χ0) is 19.7. The van der Waals surface area contributed by atoms with Gasteiger partial charge in [0.25, 0.3) is 5.89 Å². The van der Waals surface area contributed by atoms with Gasteiger partial charge in [-0.05, 0) is 24.0 Å². The summed E-state index contributed by atoms with van der Waals surface area (Å²) in [5.41, 5.74) is 0.177. The minimum absolute atomic E-state index is 0.125. The number of benzene rings is 2. The van der Waals surface area contributed by atoms with E-state index in [1.165, 1.54) is 18.2 Å². The van der Waals surface area contributed by atoms with Gasteiger partial charge in [0.05, 0.1) is 11.5 Å². The van der Waals surface area contributed by atoms with Crippen LogP contribution in [-0.2, 0) is 22.3 Å². The molecule has 144 valence electrons. The third kappa shape index (κ3) is 3.76. The van der Waals surface area contributed by atoms with Crippen molar-refractivity contribution in [1.82, 2.24) is 10.1 Å². The maximum Gasteiger partial charge on any atom is 0.416 e. The Bertz CT molecular complexity index is 986. The Hall–Kier alpha value is -3.16. The molecule has 0 aliphatic heterocycles. The van der Waals surface area contributed by atoms with E-state index >= 15 is 0 Å². The van der Waals surface area contributed by atoms with Crippen LogP contribution in [0.1, 0.15) is 29.4 Å². The van der Waals surface area contributed by atoms with E-state index < -0.39 is 29.5 Å². The molecule has 5 nitrogen and oxygen atoms in total. The van der Waals surface area contributed by atoms with Crippen molar-refractivity contribution in [3.05, 3.63) is 71.6 Å². The lowest BCUT2D eigenvalue weighted by Crippen LogP contribution is -2.11. The van der Waals surface area contributed by atoms with Gasteiger partial charge in [0.2, 0.25) is 5.82 Å². The van der Waals surface area contributed by atoms with Crippen LogP contribution in [0.25, 0.3) is 11.4 Å². The number of carbonyl (C=O) groups excluding carboxylic acids is 1. The Morgan fingerprint density at radius 1 is 1.11 bits per heavy atom. The molecule has 0 spiro atoms. The van der Waals surface area contributed by atoms with Crippen LogP contribution in [0.4, 0.5) is 13.2 Å². The maximum absolute atomic E-state index is 13.1. The summed E-state index contributed by atoms with van der Waals surface area (Å²) in [5.74, 6) is -1.16. The standard InChI is InChI=1S/C20H15F3N2O3/c21-20(22,23)16-9-5-4-8-13(16)14-10-15(14)19(26)27-11-17-24-18(25-28-17)12-6-2-1-3-7-12/h1-9,14-15H,10-11H2. The molecule has 0 radical (unpaired) electrons. The van der Waals surface area contributed by atoms with Crippen molar-refractivity contribution >= 4 is 5.97 Å². The first kappa shape index (κ1) is 18.2. The molecule has 0 N–H and O–H groups in total. The van der Waals surface area contributed by atoms with Gasteiger partial charge in [-0.25, -0.2) is 0 Å². The topological polar surface area (TPSA) is 65.2 Å². The number of aromatic nitrogens is 2. The lowest BCUT2D eigenvalue weighted by molar-refractivity contribution is -0.147. The Morgan fingerprint density at radius 2 is 1.82 bits per heavy atom. The number of esters is 1. The van der Waals surface area contributed by atoms with Crippen LogP contribution in [-0.4, -0.2) is 16.1 Å². The summed E-state index contributed by atoms with van der Waals surface area (Å²) < 4.78 is 49.6. The quantitative estimate of drug-likeness (QED) is 0.598. The predicted molar refractivity (Wildman–Crippen MR) is 91.8 cm³/mol. The number of rotatable bonds is 5. The molecule has 2 aromatic carbocycles. The van der Waals surface area contributed by atoms with Crippen LogP contribution in [0, 0.1) is 5.92 Å². The minimum Gasteiger partial charge on any atom is -0.455 e. The van der Waals surface area contributed by atoms with Crippen molar-refractivity contribution in [2.45, 2.75) is 25.1 Å². The first-order valence-electron chi connectivity index (χ1n) is 8.64. The number of nitrogens with zero attached hydrogens (tertiary/aromatic N) is 2. The van der Waals surface area contributed by atoms with Gasteiger partial charge in [-0.3, -0.25) is 4.79 Å². The number of ether oxygens (including phenoxy) is 1. The van der Waals surface area contributed by atoms with Gasteiger partial charge in [-0.1, -0.05) is 53.7 Å². The van der Waals surface area contributed by atoms with Crippen LogP contribution in [0.5, 0.6) is 0 Å². The third-order valence-electron chi connectivity index (χ3n) is 4.60. The molecule has 1 aromatic heterocycles. The lowest BCUT2D eigenvalue weighted by Gasteiger charge is -2.12. The minimum atomic E-state index is -4.45. The molecule has 4 rings (SSSR count). The van der Waals surface area contributed by atoms with E-state index in [1.54, 1.807) is 0 Å². The number of hydrogen-bond acceptors (Lipinski definition) is 5. The summed E-state index contributed by atoms with van der Waals surface area (Å²) in [4.78, 5) is 16.4. The molecule has 0 bridgehead atoms. The summed E-state index contributed by atoms with van der Waals surface area (Å²) >= 11 is 0. The average molecular weight is 388 g/mol. The van der Waals surface area contributed by atoms with Gasteiger partial charge < -0.3 is 9.26 Å². The zero-order valence-electron chi connectivity index (χ0n) is 14.5. The molecule has 1 aliphatic rings. The molecule has 8 heteroatoms. The third-order valence-corrected chi connectivity index (χ3v) is 4.60. The highest BCUT2D eigenvalue weighted by atomic mass is 19.4. The largest absolute Gasteiger partial charge is 0.455 e. The van der Waals surface area contributed by atoms with Crippen molar-refractivity contribution in [2.24, 2.45) is 5.92 Å². The predicted octanol–water partition coefficient (Wildman–Crippen LogP) is 4.60. The highest BCUT2D eigenvalue weighted by Gasteiger charge is 2.48. The van der Waals surface area contributed by atoms with Crippen molar-refractivity contribution < 1.29 is 27.2 Å². The number of hydrogen-bond donors (Lipinski definition) is 0. The second-order valence-electron chi connectivity index (χ2n) is 6.52. The van der Waals surface area contributed by atoms with Crippen LogP contribution in [0.2, 0.25) is 0 Å². The van der Waals surface area contributed by atoms with Gasteiger partial charge in [0.1, 0.15) is 0 Å². The molecule has 3 aromatic rings. The second-order valence-corrected chi connectivity index (χ2v) is 6.52. The smallest absolute Gasteiger partial charge is 0.416 e. The molecule has 0 saturated heterocycles. The van der Waals surface area contributed by atoms with Crippen molar-refractivity contribution in [1.29, 1.82) is 0 Å². The molecular formula is C20H15F3N2O3. The number of halogens is 3. The Kier molecular flexibility index (Phi) is 4.62. The molecule has 1 fully saturated rings. The molecule has 1 saturated carbocycles. The molecule has 1 aliphatic carbocycles. The summed E-state index contributed by atoms with van der Waals surface area (Å²) in [6, 6.07) is 14.5. The Balaban J connectivity index is 1.37. The van der Waals surface area contributed by atoms with Crippen LogP contribution < -0.4 is 0 Å². The van der Waals surface area contributed by atoms with Gasteiger partial charge in [-0.15, -0.1) is 0 Å². The molecule has 28 heavy (non-hydrogen) atoms. The monoisotopic (exact) mass is 388 g/mol. The fourth-order valence-corrected chi connectivity index (χ4v) is 3.14. The second kappa shape index (κ2) is 7.10. The van der Waals surface area contributed by atoms with E-state index in [0.29, 0.717) is 12.2 Å². The SMILES string of the molecule is O=C(OCc1nc(-c2ccccc2)no1)C1CC1c1ccccc1C(F)(F)F. The van der Waals surface area contributed by atoms with Gasteiger partial charge in [0, 0.05) is 5.56 Å². The lowest BCUT2D eigenvalue weighted by atomic mass is 10.0. The van der Waals surface area contributed by atoms with E-state index in [4.69, 9.17) is 9.26 Å². The van der Waals surface area contributed by atoms with Gasteiger partial charge in [0.15, 0.2) is 6.61 Å². The average Bonchev–Trinajstić information content (AvgIpc) is 3.36. The van der Waals surface area contributed by atoms with Crippen LogP contribution in [0.3, 0.4) is 0 Å². The Labute approximate surface area is 158 Å². The normalized spacial score (nSPS) is 18.7. The summed E-state index contributed by atoms with van der Waals surface area (Å²) in [6.07, 6.45) is -4.13. The highest BCUT2D eigenvalue weighted by molar-refractivity contribution is 5.77. The van der Waals surface area contributed by atoms with Crippen LogP contribution in [0.15, 0.2) is 59.1 Å². The van der Waals surface area contributed by atoms with Gasteiger partial charge >= 0.3 is 12.1 Å². The maximum atomic E-state index is 13.1. The zero-order valence-corrected chi connectivity index (χ0v) is 14.5. The fraction of sp³-hybridized carbons (Fsp3) is 0.250. The van der Waals surface area contributed by atoms with E-state index in [-0.39, 0.29) is 18.1 Å². The fourth-order valence-electron chi connectivity index (χ4n) is 3.14. The van der Waals surface area contributed by atoms with E-state index in [1.807, 2.05) is 30.3 Å².